The Kier molecular flexibility index (Phi) is 9.70. The summed E-state index contributed by atoms with van der Waals surface area (Å²) in [5.41, 5.74) is 8.13. The molecule has 1 atom stereocenters. The third-order valence-electron chi connectivity index (χ3n) is 5.43. The Hall–Kier alpha value is -2.40. The maximum atomic E-state index is 10.9. The van der Waals surface area contributed by atoms with Crippen LogP contribution in [0.15, 0.2) is 12.1 Å². The van der Waals surface area contributed by atoms with E-state index in [0.29, 0.717) is 12.5 Å². The first kappa shape index (κ1) is 25.9. The van der Waals surface area contributed by atoms with Gasteiger partial charge in [-0.15, -0.1) is 0 Å². The zero-order valence-electron chi connectivity index (χ0n) is 17.9. The lowest BCUT2D eigenvalue weighted by molar-refractivity contribution is -0.192. The van der Waals surface area contributed by atoms with Gasteiger partial charge in [-0.2, -0.15) is 13.2 Å². The van der Waals surface area contributed by atoms with E-state index in [2.05, 4.69) is 22.3 Å². The van der Waals surface area contributed by atoms with Crippen molar-refractivity contribution in [3.05, 3.63) is 23.4 Å². The molecule has 0 saturated heterocycles. The molecule has 0 bridgehead atoms. The molecule has 8 nitrogen and oxygen atoms in total. The highest BCUT2D eigenvalue weighted by atomic mass is 19.4. The van der Waals surface area contributed by atoms with E-state index in [1.165, 1.54) is 30.5 Å². The van der Waals surface area contributed by atoms with Crippen molar-refractivity contribution in [2.75, 3.05) is 25.0 Å². The van der Waals surface area contributed by atoms with E-state index in [1.807, 2.05) is 0 Å². The molecule has 2 heterocycles. The smallest absolute Gasteiger partial charge is 0.480 e. The fourth-order valence-electron chi connectivity index (χ4n) is 3.47. The number of nitrogens with zero attached hydrogens (tertiary/aromatic N) is 2. The molecule has 1 aromatic heterocycles. The number of pyridine rings is 1. The molecular formula is C21H31F3N4O4. The Morgan fingerprint density at radius 1 is 1.22 bits per heavy atom. The minimum atomic E-state index is -5.08. The van der Waals surface area contributed by atoms with Crippen molar-refractivity contribution in [1.29, 1.82) is 0 Å². The van der Waals surface area contributed by atoms with Crippen LogP contribution >= 0.6 is 0 Å². The Morgan fingerprint density at radius 2 is 1.91 bits per heavy atom. The van der Waals surface area contributed by atoms with Gasteiger partial charge in [-0.05, 0) is 69.5 Å². The van der Waals surface area contributed by atoms with Gasteiger partial charge in [0.1, 0.15) is 11.9 Å². The average Bonchev–Trinajstić information content (AvgIpc) is 3.57. The molecule has 11 heteroatoms. The molecule has 2 aliphatic rings. The summed E-state index contributed by atoms with van der Waals surface area (Å²) in [6.45, 7) is 2.84. The fourth-order valence-corrected chi connectivity index (χ4v) is 3.47. The van der Waals surface area contributed by atoms with Crippen molar-refractivity contribution >= 4 is 17.8 Å². The standard InChI is InChI=1S/C19H30N4O2.C2HF3O2/c20-17(19(24)25)10-13-23(16-8-9-16)12-2-1-5-15-7-6-14-4-3-11-21-18(14)22-15;3-2(4,5)1(6)7/h6-7,16-17H,1-5,8-13,20H2,(H,21,22)(H,24,25);(H,6,7)/t17-;/m0./s1. The van der Waals surface area contributed by atoms with Gasteiger partial charge in [0.25, 0.3) is 0 Å². The van der Waals surface area contributed by atoms with Crippen molar-refractivity contribution in [2.24, 2.45) is 5.73 Å². The number of carbonyl (C=O) groups is 2. The van der Waals surface area contributed by atoms with Gasteiger partial charge in [-0.3, -0.25) is 4.79 Å². The molecule has 0 unspecified atom stereocenters. The first-order chi connectivity index (χ1) is 15.1. The van der Waals surface area contributed by atoms with Crippen LogP contribution in [0.5, 0.6) is 0 Å². The second kappa shape index (κ2) is 12.0. The summed E-state index contributed by atoms with van der Waals surface area (Å²) in [6, 6.07) is 4.28. The van der Waals surface area contributed by atoms with Crippen molar-refractivity contribution in [1.82, 2.24) is 9.88 Å². The number of nitrogens with one attached hydrogen (secondary N) is 1. The summed E-state index contributed by atoms with van der Waals surface area (Å²) in [7, 11) is 0. The predicted octanol–water partition coefficient (Wildman–Crippen LogP) is 2.66. The van der Waals surface area contributed by atoms with Gasteiger partial charge in [-0.1, -0.05) is 6.07 Å². The van der Waals surface area contributed by atoms with Crippen molar-refractivity contribution in [2.45, 2.75) is 69.6 Å². The molecule has 32 heavy (non-hydrogen) atoms. The number of halogens is 3. The van der Waals surface area contributed by atoms with Crippen molar-refractivity contribution < 1.29 is 33.0 Å². The molecule has 5 N–H and O–H groups in total. The highest BCUT2D eigenvalue weighted by Gasteiger charge is 2.38. The summed E-state index contributed by atoms with van der Waals surface area (Å²) < 4.78 is 31.7. The van der Waals surface area contributed by atoms with Crippen LogP contribution in [0.4, 0.5) is 19.0 Å². The maximum Gasteiger partial charge on any atom is 0.490 e. The van der Waals surface area contributed by atoms with E-state index in [4.69, 9.17) is 25.7 Å². The number of unbranched alkanes of at least 4 members (excludes halogenated alkanes) is 1. The zero-order chi connectivity index (χ0) is 23.7. The molecule has 0 aromatic carbocycles. The highest BCUT2D eigenvalue weighted by Crippen LogP contribution is 2.27. The second-order valence-electron chi connectivity index (χ2n) is 8.10. The first-order valence-corrected chi connectivity index (χ1v) is 10.8. The van der Waals surface area contributed by atoms with E-state index >= 15 is 0 Å². The van der Waals surface area contributed by atoms with Crippen LogP contribution in [-0.2, 0) is 22.4 Å². The average molecular weight is 460 g/mol. The molecular weight excluding hydrogens is 429 g/mol. The van der Waals surface area contributed by atoms with E-state index in [0.717, 1.165) is 51.1 Å². The number of aryl methyl sites for hydroxylation is 2. The van der Waals surface area contributed by atoms with Crippen LogP contribution in [0.1, 0.15) is 49.8 Å². The largest absolute Gasteiger partial charge is 0.490 e. The number of hydrogen-bond donors (Lipinski definition) is 4. The number of nitrogens with two attached hydrogens (primary N) is 1. The summed E-state index contributed by atoms with van der Waals surface area (Å²) in [5, 5.41) is 19.4. The fraction of sp³-hybridized carbons (Fsp3) is 0.667. The maximum absolute atomic E-state index is 10.9. The normalized spacial score (nSPS) is 16.4. The van der Waals surface area contributed by atoms with Crippen LogP contribution in [0, 0.1) is 0 Å². The molecule has 1 aliphatic heterocycles. The number of fused-ring (bicyclic) bond motifs is 1. The number of rotatable bonds is 10. The van der Waals surface area contributed by atoms with Crippen LogP contribution < -0.4 is 11.1 Å². The number of anilines is 1. The number of aliphatic carboxylic acids is 2. The number of carboxylic acids is 2. The van der Waals surface area contributed by atoms with Crippen LogP contribution in [0.25, 0.3) is 0 Å². The van der Waals surface area contributed by atoms with E-state index < -0.39 is 24.2 Å². The minimum Gasteiger partial charge on any atom is -0.480 e. The number of carboxylic acid groups (broad SMARTS) is 2. The quantitative estimate of drug-likeness (QED) is 0.392. The van der Waals surface area contributed by atoms with Gasteiger partial charge >= 0.3 is 18.1 Å². The van der Waals surface area contributed by atoms with Crippen LogP contribution in [0.2, 0.25) is 0 Å². The Labute approximate surface area is 185 Å². The Bertz CT molecular complexity index is 772. The lowest BCUT2D eigenvalue weighted by Crippen LogP contribution is -2.36. The van der Waals surface area contributed by atoms with Crippen LogP contribution in [0.3, 0.4) is 0 Å². The second-order valence-corrected chi connectivity index (χ2v) is 8.10. The zero-order valence-corrected chi connectivity index (χ0v) is 17.9. The molecule has 1 fully saturated rings. The third-order valence-corrected chi connectivity index (χ3v) is 5.43. The van der Waals surface area contributed by atoms with Gasteiger partial charge < -0.3 is 26.2 Å². The Balaban J connectivity index is 0.000000451. The number of hydrogen-bond acceptors (Lipinski definition) is 6. The Morgan fingerprint density at radius 3 is 2.50 bits per heavy atom. The minimum absolute atomic E-state index is 0.532. The molecule has 0 amide bonds. The van der Waals surface area contributed by atoms with Gasteiger partial charge in [0.2, 0.25) is 0 Å². The molecule has 1 aliphatic carbocycles. The summed E-state index contributed by atoms with van der Waals surface area (Å²) in [5.74, 6) is -2.58. The lowest BCUT2D eigenvalue weighted by Gasteiger charge is -2.23. The highest BCUT2D eigenvalue weighted by molar-refractivity contribution is 5.73. The van der Waals surface area contributed by atoms with Crippen molar-refractivity contribution in [3.63, 3.8) is 0 Å². The molecule has 0 spiro atoms. The predicted molar refractivity (Wildman–Crippen MR) is 112 cm³/mol. The van der Waals surface area contributed by atoms with Gasteiger partial charge in [0.15, 0.2) is 0 Å². The van der Waals surface area contributed by atoms with E-state index in [1.54, 1.807) is 0 Å². The van der Waals surface area contributed by atoms with Crippen LogP contribution in [-0.4, -0.2) is 69.9 Å². The van der Waals surface area contributed by atoms with Crippen molar-refractivity contribution in [3.8, 4) is 0 Å². The van der Waals surface area contributed by atoms with E-state index in [-0.39, 0.29) is 0 Å². The van der Waals surface area contributed by atoms with Gasteiger partial charge in [0, 0.05) is 24.8 Å². The lowest BCUT2D eigenvalue weighted by atomic mass is 10.1. The summed E-state index contributed by atoms with van der Waals surface area (Å²) in [4.78, 5) is 26.9. The molecule has 180 valence electrons. The van der Waals surface area contributed by atoms with Gasteiger partial charge in [-0.25, -0.2) is 9.78 Å². The SMILES string of the molecule is N[C@@H](CCN(CCCCc1ccc2c(n1)NCCC2)C1CC1)C(=O)O.O=C(O)C(F)(F)F. The first-order valence-electron chi connectivity index (χ1n) is 10.8. The molecule has 0 radical (unpaired) electrons. The monoisotopic (exact) mass is 460 g/mol. The molecule has 1 saturated carbocycles. The summed E-state index contributed by atoms with van der Waals surface area (Å²) in [6.07, 6.45) is 3.47. The number of aromatic nitrogens is 1. The third kappa shape index (κ3) is 8.99. The molecule has 1 aromatic rings. The number of alkyl halides is 3. The van der Waals surface area contributed by atoms with E-state index in [9.17, 15) is 18.0 Å². The molecule has 3 rings (SSSR count). The van der Waals surface area contributed by atoms with Gasteiger partial charge in [0.05, 0.1) is 0 Å². The summed E-state index contributed by atoms with van der Waals surface area (Å²) >= 11 is 0. The topological polar surface area (TPSA) is 129 Å².